The fourth-order valence-electron chi connectivity index (χ4n) is 2.83. The number of guanidine groups is 1. The molecule has 0 atom stereocenters. The summed E-state index contributed by atoms with van der Waals surface area (Å²) >= 11 is 0. The van der Waals surface area contributed by atoms with Gasteiger partial charge in [-0.3, -0.25) is 20.3 Å². The standard InChI is InChI=1S/C22H43N3O3/c1-4-6-8-10-11-12-13-15-17-20(26)24-22(23)25(3)19-21(27)28-18-16-14-9-7-5-2/h4-19H2,1-3H3,(H2,23,24,26)/i3D3. The van der Waals surface area contributed by atoms with E-state index in [4.69, 9.17) is 14.3 Å². The van der Waals surface area contributed by atoms with Gasteiger partial charge in [-0.1, -0.05) is 84.5 Å². The summed E-state index contributed by atoms with van der Waals surface area (Å²) in [4.78, 5) is 24.7. The molecule has 0 bridgehead atoms. The van der Waals surface area contributed by atoms with E-state index in [1.807, 2.05) is 0 Å². The molecule has 28 heavy (non-hydrogen) atoms. The predicted octanol–water partition coefficient (Wildman–Crippen LogP) is 5.01. The largest absolute Gasteiger partial charge is 0.464 e. The first-order valence-corrected chi connectivity index (χ1v) is 11.0. The average Bonchev–Trinajstić information content (AvgIpc) is 2.69. The van der Waals surface area contributed by atoms with E-state index in [1.54, 1.807) is 0 Å². The van der Waals surface area contributed by atoms with E-state index < -0.39 is 31.4 Å². The van der Waals surface area contributed by atoms with Crippen molar-refractivity contribution in [2.24, 2.45) is 0 Å². The third kappa shape index (κ3) is 16.6. The highest BCUT2D eigenvalue weighted by molar-refractivity contribution is 5.96. The molecule has 164 valence electrons. The predicted molar refractivity (Wildman–Crippen MR) is 115 cm³/mol. The van der Waals surface area contributed by atoms with Gasteiger partial charge in [0, 0.05) is 17.5 Å². The fraction of sp³-hybridized carbons (Fsp3) is 0.864. The van der Waals surface area contributed by atoms with Crippen molar-refractivity contribution in [1.82, 2.24) is 10.2 Å². The van der Waals surface area contributed by atoms with Crippen molar-refractivity contribution in [2.75, 3.05) is 20.1 Å². The van der Waals surface area contributed by atoms with E-state index >= 15 is 0 Å². The maximum absolute atomic E-state index is 12.1. The molecule has 0 unspecified atom stereocenters. The number of esters is 1. The number of likely N-dealkylation sites (N-methyl/N-ethyl adjacent to an activating group) is 1. The van der Waals surface area contributed by atoms with Gasteiger partial charge in [-0.15, -0.1) is 0 Å². The Labute approximate surface area is 176 Å². The van der Waals surface area contributed by atoms with Gasteiger partial charge in [0.05, 0.1) is 6.61 Å². The van der Waals surface area contributed by atoms with Crippen LogP contribution in [0.15, 0.2) is 0 Å². The summed E-state index contributed by atoms with van der Waals surface area (Å²) in [6.45, 7) is 1.22. The van der Waals surface area contributed by atoms with Gasteiger partial charge < -0.3 is 9.64 Å². The van der Waals surface area contributed by atoms with Crippen LogP contribution >= 0.6 is 0 Å². The number of carbonyl (C=O) groups excluding carboxylic acids is 2. The van der Waals surface area contributed by atoms with E-state index in [9.17, 15) is 9.59 Å². The molecule has 0 aliphatic heterocycles. The molecule has 0 saturated carbocycles. The smallest absolute Gasteiger partial charge is 0.325 e. The number of amides is 1. The molecule has 6 nitrogen and oxygen atoms in total. The van der Waals surface area contributed by atoms with Crippen LogP contribution in [0.4, 0.5) is 0 Å². The lowest BCUT2D eigenvalue weighted by Gasteiger charge is -2.19. The zero-order chi connectivity index (χ0) is 23.5. The highest BCUT2D eigenvalue weighted by Crippen LogP contribution is 2.09. The molecule has 0 aromatic carbocycles. The molecule has 0 aromatic heterocycles. The molecule has 0 saturated heterocycles. The lowest BCUT2D eigenvalue weighted by Crippen LogP contribution is -2.43. The normalized spacial score (nSPS) is 12.6. The molecule has 0 aliphatic rings. The third-order valence-corrected chi connectivity index (χ3v) is 4.58. The van der Waals surface area contributed by atoms with Crippen molar-refractivity contribution in [3.63, 3.8) is 0 Å². The van der Waals surface area contributed by atoms with Crippen molar-refractivity contribution < 1.29 is 18.4 Å². The minimum atomic E-state index is -2.72. The molecule has 0 fully saturated rings. The summed E-state index contributed by atoms with van der Waals surface area (Å²) < 4.78 is 27.8. The van der Waals surface area contributed by atoms with Crippen LogP contribution in [0.1, 0.15) is 108 Å². The molecule has 0 spiro atoms. The highest BCUT2D eigenvalue weighted by Gasteiger charge is 2.13. The van der Waals surface area contributed by atoms with Crippen LogP contribution in [0.5, 0.6) is 0 Å². The van der Waals surface area contributed by atoms with Gasteiger partial charge in [-0.25, -0.2) is 0 Å². The van der Waals surface area contributed by atoms with Crippen molar-refractivity contribution in [3.05, 3.63) is 0 Å². The van der Waals surface area contributed by atoms with E-state index in [0.29, 0.717) is 11.3 Å². The molecule has 6 heteroatoms. The Morgan fingerprint density at radius 3 is 2.00 bits per heavy atom. The molecular weight excluding hydrogens is 354 g/mol. The third-order valence-electron chi connectivity index (χ3n) is 4.58. The van der Waals surface area contributed by atoms with Crippen molar-refractivity contribution >= 4 is 17.8 Å². The van der Waals surface area contributed by atoms with Gasteiger partial charge >= 0.3 is 5.97 Å². The van der Waals surface area contributed by atoms with Crippen LogP contribution in [0.3, 0.4) is 0 Å². The van der Waals surface area contributed by atoms with Crippen molar-refractivity contribution in [2.45, 2.75) is 104 Å². The van der Waals surface area contributed by atoms with Crippen LogP contribution in [-0.4, -0.2) is 42.9 Å². The second kappa shape index (κ2) is 18.8. The first-order chi connectivity index (χ1) is 14.7. The Bertz CT molecular complexity index is 514. The zero-order valence-electron chi connectivity index (χ0n) is 21.0. The summed E-state index contributed by atoms with van der Waals surface area (Å²) in [5.41, 5.74) is 0. The second-order valence-electron chi connectivity index (χ2n) is 7.34. The van der Waals surface area contributed by atoms with Gasteiger partial charge in [-0.05, 0) is 12.8 Å². The minimum absolute atomic E-state index is 0.231. The number of hydrogen-bond acceptors (Lipinski definition) is 4. The molecule has 2 N–H and O–H groups in total. The first-order valence-electron chi connectivity index (χ1n) is 12.5. The van der Waals surface area contributed by atoms with E-state index in [2.05, 4.69) is 19.2 Å². The Balaban J connectivity index is 4.23. The molecule has 0 aromatic rings. The van der Waals surface area contributed by atoms with Crippen LogP contribution in [0.2, 0.25) is 0 Å². The summed E-state index contributed by atoms with van der Waals surface area (Å²) in [6, 6.07) is 0. The molecular formula is C22H43N3O3. The van der Waals surface area contributed by atoms with Gasteiger partial charge in [0.2, 0.25) is 5.91 Å². The molecule has 0 radical (unpaired) electrons. The maximum atomic E-state index is 12.1. The number of nitrogens with one attached hydrogen (secondary N) is 2. The molecule has 1 amide bonds. The van der Waals surface area contributed by atoms with Gasteiger partial charge in [-0.2, -0.15) is 0 Å². The van der Waals surface area contributed by atoms with Gasteiger partial charge in [0.1, 0.15) is 6.54 Å². The quantitative estimate of drug-likeness (QED) is 0.155. The van der Waals surface area contributed by atoms with E-state index in [-0.39, 0.29) is 13.0 Å². The summed E-state index contributed by atoms with van der Waals surface area (Å²) in [5.74, 6) is -1.72. The Morgan fingerprint density at radius 1 is 0.893 bits per heavy atom. The molecule has 0 rings (SSSR count). The van der Waals surface area contributed by atoms with Gasteiger partial charge in [0.25, 0.3) is 0 Å². The number of nitrogens with zero attached hydrogens (tertiary/aromatic N) is 1. The Morgan fingerprint density at radius 2 is 1.43 bits per heavy atom. The van der Waals surface area contributed by atoms with Crippen LogP contribution in [0, 0.1) is 5.41 Å². The summed E-state index contributed by atoms with van der Waals surface area (Å²) in [6.07, 6.45) is 14.0. The van der Waals surface area contributed by atoms with Gasteiger partial charge in [0.15, 0.2) is 5.96 Å². The van der Waals surface area contributed by atoms with Crippen molar-refractivity contribution in [1.29, 1.82) is 5.41 Å². The lowest BCUT2D eigenvalue weighted by atomic mass is 10.1. The van der Waals surface area contributed by atoms with Crippen molar-refractivity contribution in [3.8, 4) is 0 Å². The number of rotatable bonds is 17. The monoisotopic (exact) mass is 400 g/mol. The lowest BCUT2D eigenvalue weighted by molar-refractivity contribution is -0.144. The number of ether oxygens (including phenoxy) is 1. The minimum Gasteiger partial charge on any atom is -0.464 e. The SMILES string of the molecule is [2H]C([2H])([2H])N(CC(=O)OCCCCCCC)C(=N)NC(=O)CCCCCCCCCC. The fourth-order valence-corrected chi connectivity index (χ4v) is 2.83. The first kappa shape index (κ1) is 21.1. The highest BCUT2D eigenvalue weighted by atomic mass is 16.5. The van der Waals surface area contributed by atoms with Crippen LogP contribution in [-0.2, 0) is 14.3 Å². The zero-order valence-corrected chi connectivity index (χ0v) is 18.0. The summed E-state index contributed by atoms with van der Waals surface area (Å²) in [7, 11) is 0. The average molecular weight is 401 g/mol. The molecule has 0 aliphatic carbocycles. The van der Waals surface area contributed by atoms with E-state index in [0.717, 1.165) is 51.4 Å². The number of hydrogen-bond donors (Lipinski definition) is 2. The second-order valence-corrected chi connectivity index (χ2v) is 7.34. The van der Waals surface area contributed by atoms with Crippen LogP contribution in [0.25, 0.3) is 0 Å². The summed E-state index contributed by atoms with van der Waals surface area (Å²) in [5, 5.41) is 10.3. The number of unbranched alkanes of at least 4 members (excludes halogenated alkanes) is 11. The van der Waals surface area contributed by atoms with Crippen LogP contribution < -0.4 is 5.32 Å². The molecule has 0 heterocycles. The van der Waals surface area contributed by atoms with E-state index in [1.165, 1.54) is 25.7 Å². The Kier molecular flexibility index (Phi) is 14.2. The topological polar surface area (TPSA) is 82.5 Å². The Hall–Kier alpha value is -1.59. The maximum Gasteiger partial charge on any atom is 0.325 e. The number of carbonyl (C=O) groups is 2.